The van der Waals surface area contributed by atoms with Gasteiger partial charge in [0, 0.05) is 22.2 Å². The number of aromatic amines is 2. The van der Waals surface area contributed by atoms with Crippen LogP contribution in [-0.4, -0.2) is 48.5 Å². The molecule has 3 aromatic heterocycles. The lowest BCUT2D eigenvalue weighted by Gasteiger charge is -2.34. The Morgan fingerprint density at radius 3 is 1.37 bits per heavy atom. The number of benzene rings is 2. The number of alkyl halides is 14. The second-order valence-corrected chi connectivity index (χ2v) is 14.1. The van der Waals surface area contributed by atoms with Gasteiger partial charge in [-0.1, -0.05) is 60.7 Å². The number of aromatic nitrogens is 4. The molecule has 0 atom stereocenters. The third-order valence-corrected chi connectivity index (χ3v) is 9.86. The van der Waals surface area contributed by atoms with E-state index in [1.54, 1.807) is 0 Å². The molecule has 20 heteroatoms. The lowest BCUT2D eigenvalue weighted by atomic mass is 9.95. The van der Waals surface area contributed by atoms with Crippen molar-refractivity contribution in [3.8, 4) is 22.3 Å². The van der Waals surface area contributed by atoms with Gasteiger partial charge in [-0.3, -0.25) is 0 Å². The normalized spacial score (nSPS) is 14.5. The van der Waals surface area contributed by atoms with E-state index in [9.17, 15) is 35.1 Å². The summed E-state index contributed by atoms with van der Waals surface area (Å²) in [7, 11) is 0. The highest BCUT2D eigenvalue weighted by molar-refractivity contribution is 6.23. The largest absolute Gasteiger partial charge is 0.393 e. The number of nitrogens with one attached hydrogen (secondary N) is 2. The molecule has 0 saturated heterocycles. The van der Waals surface area contributed by atoms with Crippen LogP contribution in [0.15, 0.2) is 90.8 Å². The van der Waals surface area contributed by atoms with Gasteiger partial charge in [0.25, 0.3) is 0 Å². The van der Waals surface area contributed by atoms with Crippen LogP contribution in [0, 0.1) is 0 Å². The van der Waals surface area contributed by atoms with Crippen LogP contribution in [0.25, 0.3) is 74.5 Å². The van der Waals surface area contributed by atoms with Crippen LogP contribution < -0.4 is 0 Å². The highest BCUT2D eigenvalue weighted by Crippen LogP contribution is 2.58. The molecule has 2 aliphatic heterocycles. The van der Waals surface area contributed by atoms with Gasteiger partial charge < -0.3 is 9.97 Å². The summed E-state index contributed by atoms with van der Waals surface area (Å²) < 4.78 is 209. The smallest absolute Gasteiger partial charge is 0.354 e. The number of nitrogens with zero attached hydrogens (tertiary/aromatic N) is 2. The number of hydrogen-bond donors (Lipinski definition) is 2. The van der Waals surface area contributed by atoms with Crippen LogP contribution in [0.5, 0.6) is 0 Å². The van der Waals surface area contributed by atoms with Gasteiger partial charge >= 0.3 is 34.5 Å². The molecule has 7 rings (SSSR count). The first-order chi connectivity index (χ1) is 27.9. The van der Waals surface area contributed by atoms with Crippen molar-refractivity contribution < 1.29 is 61.5 Å². The molecule has 312 valence electrons. The molecule has 2 N–H and O–H groups in total. The number of H-pyrrole nitrogens is 2. The van der Waals surface area contributed by atoms with Crippen LogP contribution >= 0.6 is 23.2 Å². The van der Waals surface area contributed by atoms with Gasteiger partial charge in [0.05, 0.1) is 44.9 Å². The first-order valence-corrected chi connectivity index (χ1v) is 17.6. The van der Waals surface area contributed by atoms with Gasteiger partial charge in [0.1, 0.15) is 0 Å². The van der Waals surface area contributed by atoms with Crippen molar-refractivity contribution in [3.63, 3.8) is 0 Å². The second kappa shape index (κ2) is 14.5. The minimum atomic E-state index is -6.90. The lowest BCUT2D eigenvalue weighted by molar-refractivity contribution is -0.352. The number of allylic oxidation sites excluding steroid dienone is 1. The zero-order chi connectivity index (χ0) is 43.8. The van der Waals surface area contributed by atoms with Gasteiger partial charge in [-0.05, 0) is 82.9 Å². The third-order valence-electron chi connectivity index (χ3n) is 9.38. The molecule has 0 unspecified atom stereocenters. The molecule has 0 radical (unpaired) electrons. The van der Waals surface area contributed by atoms with Crippen molar-refractivity contribution in [2.45, 2.75) is 34.5 Å². The Labute approximate surface area is 337 Å². The summed E-state index contributed by atoms with van der Waals surface area (Å²) in [5.41, 5.74) is -7.84. The van der Waals surface area contributed by atoms with E-state index < -0.39 is 85.3 Å². The fourth-order valence-electron chi connectivity index (χ4n) is 6.49. The average molecular weight is 894 g/mol. The maximum Gasteiger partial charge on any atom is 0.393 e. The number of halogens is 16. The molecule has 0 fully saturated rings. The predicted molar refractivity (Wildman–Crippen MR) is 199 cm³/mol. The highest BCUT2D eigenvalue weighted by Gasteiger charge is 2.81. The Hall–Kier alpha value is -5.62. The molecular weight excluding hydrogens is 873 g/mol. The zero-order valence-corrected chi connectivity index (χ0v) is 30.8. The summed E-state index contributed by atoms with van der Waals surface area (Å²) >= 11 is 8.77. The SMILES string of the molecule is F/C(=C(/F)C(F)(F)C(F)(F)Cl)c1c2nc(c(-c3ccccc3)c3ccc([nH]3)c(C(F)(F)C(F)(F)C(F)(F)C(F)(F)Cl)c3nc(c(-c4ccccc4)c4ccc1[nH]4)C=C3)C=C2. The predicted octanol–water partition coefficient (Wildman–Crippen LogP) is 14.3. The van der Waals surface area contributed by atoms with Crippen molar-refractivity contribution in [2.75, 3.05) is 0 Å². The van der Waals surface area contributed by atoms with Crippen molar-refractivity contribution in [3.05, 3.63) is 125 Å². The van der Waals surface area contributed by atoms with Crippen LogP contribution in [0.3, 0.4) is 0 Å². The van der Waals surface area contributed by atoms with Crippen molar-refractivity contribution in [1.29, 1.82) is 0 Å². The quantitative estimate of drug-likeness (QED) is 0.112. The van der Waals surface area contributed by atoms with Crippen LogP contribution in [0.1, 0.15) is 33.9 Å². The molecule has 0 amide bonds. The summed E-state index contributed by atoms with van der Waals surface area (Å²) in [5, 5.41) is -11.8. The highest BCUT2D eigenvalue weighted by atomic mass is 35.5. The van der Waals surface area contributed by atoms with Crippen LogP contribution in [0.2, 0.25) is 0 Å². The summed E-state index contributed by atoms with van der Waals surface area (Å²) in [4.78, 5) is 13.3. The Bertz CT molecular complexity index is 2730. The van der Waals surface area contributed by atoms with Gasteiger partial charge in [-0.25, -0.2) is 18.7 Å². The Morgan fingerprint density at radius 1 is 0.467 bits per heavy atom. The average Bonchev–Trinajstić information content (AvgIpc) is 4.02. The molecule has 5 aromatic rings. The standard InChI is InChI=1S/C40H20Cl2F14N4/c41-39(53,54)36(47,48)34(44)33(43)31-25-13-11-21(57-25)29(19-7-3-1-4-8-19)23-15-17-27(59-23)32(35(45,46)37(49,50)38(51,52)40(42,55)56)28-18-16-24(60-28)30(20-9-5-2-6-10-20)22-12-14-26(31)58-22/h1-18,57,60H/b29-21?,29-23?,30-22?,30-24?,31-25?,31-26?,32-27?,32-28?,34-33+. The van der Waals surface area contributed by atoms with E-state index in [1.807, 2.05) is 0 Å². The van der Waals surface area contributed by atoms with E-state index in [2.05, 4.69) is 43.1 Å². The summed E-state index contributed by atoms with van der Waals surface area (Å²) in [6.45, 7) is 0. The van der Waals surface area contributed by atoms with Crippen molar-refractivity contribution in [2.24, 2.45) is 0 Å². The maximum atomic E-state index is 16.3. The van der Waals surface area contributed by atoms with E-state index >= 15 is 26.3 Å². The van der Waals surface area contributed by atoms with Gasteiger partial charge in [0.15, 0.2) is 5.83 Å². The van der Waals surface area contributed by atoms with Crippen LogP contribution in [-0.2, 0) is 5.92 Å². The zero-order valence-electron chi connectivity index (χ0n) is 29.3. The minimum Gasteiger partial charge on any atom is -0.354 e. The van der Waals surface area contributed by atoms with E-state index in [-0.39, 0.29) is 39.0 Å². The fraction of sp³-hybridized carbons (Fsp3) is 0.150. The minimum absolute atomic E-state index is 0.138. The maximum absolute atomic E-state index is 16.3. The molecule has 2 aliphatic rings. The van der Waals surface area contributed by atoms with E-state index in [0.29, 0.717) is 12.1 Å². The Kier molecular flexibility index (Phi) is 10.3. The monoisotopic (exact) mass is 892 g/mol. The van der Waals surface area contributed by atoms with Gasteiger partial charge in [-0.15, -0.1) is 0 Å². The molecule has 0 aliphatic carbocycles. The van der Waals surface area contributed by atoms with E-state index in [1.165, 1.54) is 60.7 Å². The van der Waals surface area contributed by atoms with E-state index in [4.69, 9.17) is 0 Å². The lowest BCUT2D eigenvalue weighted by Crippen LogP contribution is -2.59. The summed E-state index contributed by atoms with van der Waals surface area (Å²) in [6, 6.07) is 18.2. The first-order valence-electron chi connectivity index (χ1n) is 16.9. The van der Waals surface area contributed by atoms with Crippen LogP contribution in [0.4, 0.5) is 61.5 Å². The Balaban J connectivity index is 1.71. The van der Waals surface area contributed by atoms with E-state index in [0.717, 1.165) is 36.4 Å². The first kappa shape index (κ1) is 42.5. The molecule has 0 spiro atoms. The van der Waals surface area contributed by atoms with Crippen molar-refractivity contribution in [1.82, 2.24) is 19.9 Å². The second-order valence-electron chi connectivity index (χ2n) is 13.2. The molecule has 4 nitrogen and oxygen atoms in total. The number of fused-ring (bicyclic) bond motifs is 8. The van der Waals surface area contributed by atoms with Gasteiger partial charge in [0.2, 0.25) is 5.83 Å². The molecule has 0 saturated carbocycles. The number of rotatable bonds is 9. The topological polar surface area (TPSA) is 57.4 Å². The number of hydrogen-bond acceptors (Lipinski definition) is 2. The molecule has 60 heavy (non-hydrogen) atoms. The third kappa shape index (κ3) is 6.82. The Morgan fingerprint density at radius 2 is 0.883 bits per heavy atom. The molecule has 8 bridgehead atoms. The molecule has 5 heterocycles. The molecule has 2 aromatic carbocycles. The molecular formula is C40H20Cl2F14N4. The summed E-state index contributed by atoms with van der Waals surface area (Å²) in [6.07, 6.45) is 3.67. The fourth-order valence-corrected chi connectivity index (χ4v) is 6.69. The summed E-state index contributed by atoms with van der Waals surface area (Å²) in [5.74, 6) is -31.7. The van der Waals surface area contributed by atoms with Gasteiger partial charge in [-0.2, -0.15) is 52.7 Å². The van der Waals surface area contributed by atoms with Crippen molar-refractivity contribution >= 4 is 75.4 Å².